The minimum Gasteiger partial charge on any atom is -0.462 e. The summed E-state index contributed by atoms with van der Waals surface area (Å²) in [5.41, 5.74) is 7.12. The number of aldehydes is 1. The number of ketones is 1. The first-order valence-electron chi connectivity index (χ1n) is 9.61. The number of cyclic esters (lactones) is 1. The fourth-order valence-corrected chi connectivity index (χ4v) is 4.10. The summed E-state index contributed by atoms with van der Waals surface area (Å²) in [7, 11) is 0. The first-order chi connectivity index (χ1) is 13.9. The molecule has 0 radical (unpaired) electrons. The number of ether oxygens (including phenoxy) is 1. The van der Waals surface area contributed by atoms with Crippen LogP contribution in [0.2, 0.25) is 0 Å². The summed E-state index contributed by atoms with van der Waals surface area (Å²) in [5, 5.41) is 0. The third-order valence-corrected chi connectivity index (χ3v) is 5.22. The van der Waals surface area contributed by atoms with Crippen molar-refractivity contribution in [3.05, 3.63) is 64.0 Å². The number of hydrogen-bond donors (Lipinski definition) is 0. The van der Waals surface area contributed by atoms with E-state index in [2.05, 4.69) is 12.1 Å². The second-order valence-corrected chi connectivity index (χ2v) is 7.18. The predicted octanol–water partition coefficient (Wildman–Crippen LogP) is 4.77. The van der Waals surface area contributed by atoms with Crippen molar-refractivity contribution in [1.82, 2.24) is 0 Å². The molecule has 0 fully saturated rings. The smallest absolute Gasteiger partial charge is 0.331 e. The van der Waals surface area contributed by atoms with Gasteiger partial charge >= 0.3 is 5.97 Å². The van der Waals surface area contributed by atoms with E-state index >= 15 is 0 Å². The van der Waals surface area contributed by atoms with Crippen molar-refractivity contribution in [2.45, 2.75) is 40.0 Å². The molecule has 2 aliphatic rings. The summed E-state index contributed by atoms with van der Waals surface area (Å²) in [6, 6.07) is 7.28. The molecule has 0 saturated heterocycles. The van der Waals surface area contributed by atoms with E-state index in [9.17, 15) is 14.0 Å². The van der Waals surface area contributed by atoms with Crippen LogP contribution in [0, 0.1) is 19.7 Å². The fraction of sp³-hybridized carbons (Fsp3) is 0.292. The summed E-state index contributed by atoms with van der Waals surface area (Å²) in [6.07, 6.45) is 3.95. The van der Waals surface area contributed by atoms with E-state index in [0.29, 0.717) is 25.9 Å². The van der Waals surface area contributed by atoms with E-state index < -0.39 is 5.82 Å². The first kappa shape index (κ1) is 20.6. The Morgan fingerprint density at radius 2 is 1.66 bits per heavy atom. The molecule has 1 aliphatic heterocycles. The van der Waals surface area contributed by atoms with Gasteiger partial charge in [-0.1, -0.05) is 18.2 Å². The Kier molecular flexibility index (Phi) is 6.06. The number of esters is 1. The van der Waals surface area contributed by atoms with Crippen LogP contribution >= 0.6 is 0 Å². The van der Waals surface area contributed by atoms with Crippen LogP contribution in [-0.4, -0.2) is 24.6 Å². The number of carbonyl (C=O) groups is 3. The maximum atomic E-state index is 14.1. The molecule has 0 spiro atoms. The van der Waals surface area contributed by atoms with Gasteiger partial charge in [-0.15, -0.1) is 0 Å². The number of aryl methyl sites for hydroxylation is 2. The van der Waals surface area contributed by atoms with Gasteiger partial charge in [-0.3, -0.25) is 4.79 Å². The van der Waals surface area contributed by atoms with Crippen molar-refractivity contribution >= 4 is 23.6 Å². The lowest BCUT2D eigenvalue weighted by Gasteiger charge is -2.19. The standard InChI is InChI=1S/C22H19FO3.C2H4O/c1-12-9-15(14-7-8-26-20(25)11-14)10-13(2)21(12)16-3-5-18(23)22-17(16)4-6-19(22)24;1-2-3/h3,5,9-11H,4,6-8H2,1-2H3;2H,1H3. The van der Waals surface area contributed by atoms with E-state index in [1.165, 1.54) is 13.0 Å². The molecule has 0 unspecified atom stereocenters. The summed E-state index contributed by atoms with van der Waals surface area (Å²) >= 11 is 0. The zero-order chi connectivity index (χ0) is 21.1. The zero-order valence-electron chi connectivity index (χ0n) is 16.8. The van der Waals surface area contributed by atoms with Crippen LogP contribution in [0.1, 0.15) is 52.4 Å². The molecule has 4 rings (SSSR count). The predicted molar refractivity (Wildman–Crippen MR) is 109 cm³/mol. The molecule has 0 aromatic heterocycles. The topological polar surface area (TPSA) is 60.4 Å². The minimum absolute atomic E-state index is 0.114. The molecule has 0 bridgehead atoms. The molecule has 29 heavy (non-hydrogen) atoms. The quantitative estimate of drug-likeness (QED) is 0.544. The highest BCUT2D eigenvalue weighted by Gasteiger charge is 2.27. The third kappa shape index (κ3) is 4.04. The molecule has 1 aliphatic carbocycles. The molecular weight excluding hydrogens is 371 g/mol. The number of benzene rings is 2. The van der Waals surface area contributed by atoms with Crippen LogP contribution in [0.3, 0.4) is 0 Å². The normalized spacial score (nSPS) is 15.1. The molecule has 5 heteroatoms. The Labute approximate surface area is 169 Å². The van der Waals surface area contributed by atoms with Gasteiger partial charge in [-0.05, 0) is 72.2 Å². The van der Waals surface area contributed by atoms with Gasteiger partial charge in [0, 0.05) is 18.9 Å². The summed E-state index contributed by atoms with van der Waals surface area (Å²) in [5.74, 6) is -0.846. The van der Waals surface area contributed by atoms with E-state index in [-0.39, 0.29) is 17.3 Å². The van der Waals surface area contributed by atoms with E-state index in [0.717, 1.165) is 45.2 Å². The van der Waals surface area contributed by atoms with Gasteiger partial charge in [0.15, 0.2) is 5.78 Å². The number of hydrogen-bond acceptors (Lipinski definition) is 4. The SMILES string of the molecule is CC=O.Cc1cc(C2=CC(=O)OCC2)cc(C)c1-c1ccc(F)c2c1CCC2=O. The van der Waals surface area contributed by atoms with E-state index in [1.807, 2.05) is 13.8 Å². The number of Topliss-reactive ketones (excluding diaryl/α,β-unsaturated/α-hetero) is 1. The Bertz CT molecular complexity index is 1010. The molecular formula is C24H23FO4. The van der Waals surface area contributed by atoms with Gasteiger partial charge in [-0.25, -0.2) is 9.18 Å². The van der Waals surface area contributed by atoms with Crippen molar-refractivity contribution in [1.29, 1.82) is 0 Å². The Balaban J connectivity index is 0.000000755. The second kappa shape index (κ2) is 8.52. The number of rotatable bonds is 2. The van der Waals surface area contributed by atoms with Crippen LogP contribution in [0.25, 0.3) is 16.7 Å². The van der Waals surface area contributed by atoms with E-state index in [4.69, 9.17) is 9.53 Å². The first-order valence-corrected chi connectivity index (χ1v) is 9.61. The summed E-state index contributed by atoms with van der Waals surface area (Å²) < 4.78 is 19.1. The molecule has 4 nitrogen and oxygen atoms in total. The largest absolute Gasteiger partial charge is 0.462 e. The van der Waals surface area contributed by atoms with Crippen molar-refractivity contribution in [2.24, 2.45) is 0 Å². The van der Waals surface area contributed by atoms with Gasteiger partial charge < -0.3 is 9.53 Å². The average molecular weight is 394 g/mol. The van der Waals surface area contributed by atoms with Crippen LogP contribution in [0.15, 0.2) is 30.3 Å². The number of halogens is 1. The maximum Gasteiger partial charge on any atom is 0.331 e. The van der Waals surface area contributed by atoms with Gasteiger partial charge in [0.25, 0.3) is 0 Å². The van der Waals surface area contributed by atoms with Crippen molar-refractivity contribution < 1.29 is 23.5 Å². The van der Waals surface area contributed by atoms with Gasteiger partial charge in [-0.2, -0.15) is 0 Å². The van der Waals surface area contributed by atoms with Crippen LogP contribution in [0.5, 0.6) is 0 Å². The highest BCUT2D eigenvalue weighted by atomic mass is 19.1. The lowest BCUT2D eigenvalue weighted by Crippen LogP contribution is -2.10. The highest BCUT2D eigenvalue weighted by molar-refractivity contribution is 6.03. The van der Waals surface area contributed by atoms with Crippen LogP contribution in [-0.2, 0) is 20.7 Å². The van der Waals surface area contributed by atoms with Crippen LogP contribution < -0.4 is 0 Å². The number of fused-ring (bicyclic) bond motifs is 1. The second-order valence-electron chi connectivity index (χ2n) is 7.18. The Hall–Kier alpha value is -3.08. The molecule has 2 aromatic rings. The summed E-state index contributed by atoms with van der Waals surface area (Å²) in [6.45, 7) is 5.87. The Morgan fingerprint density at radius 3 is 2.28 bits per heavy atom. The molecule has 0 N–H and O–H groups in total. The van der Waals surface area contributed by atoms with Gasteiger partial charge in [0.2, 0.25) is 0 Å². The van der Waals surface area contributed by atoms with Crippen molar-refractivity contribution in [3.8, 4) is 11.1 Å². The van der Waals surface area contributed by atoms with Crippen molar-refractivity contribution in [2.75, 3.05) is 6.61 Å². The monoisotopic (exact) mass is 394 g/mol. The Morgan fingerprint density at radius 1 is 1.00 bits per heavy atom. The summed E-state index contributed by atoms with van der Waals surface area (Å²) in [4.78, 5) is 32.4. The lowest BCUT2D eigenvalue weighted by atomic mass is 9.87. The third-order valence-electron chi connectivity index (χ3n) is 5.22. The number of carbonyl (C=O) groups excluding carboxylic acids is 3. The minimum atomic E-state index is -0.427. The lowest BCUT2D eigenvalue weighted by molar-refractivity contribution is -0.138. The van der Waals surface area contributed by atoms with Gasteiger partial charge in [0.1, 0.15) is 12.1 Å². The molecule has 2 aromatic carbocycles. The highest BCUT2D eigenvalue weighted by Crippen LogP contribution is 2.38. The van der Waals surface area contributed by atoms with Crippen LogP contribution in [0.4, 0.5) is 4.39 Å². The average Bonchev–Trinajstić information content (AvgIpc) is 3.06. The molecule has 150 valence electrons. The maximum absolute atomic E-state index is 14.1. The molecule has 1 heterocycles. The van der Waals surface area contributed by atoms with Crippen molar-refractivity contribution in [3.63, 3.8) is 0 Å². The fourth-order valence-electron chi connectivity index (χ4n) is 4.10. The van der Waals surface area contributed by atoms with Gasteiger partial charge in [0.05, 0.1) is 12.2 Å². The molecule has 0 atom stereocenters. The molecule has 0 saturated carbocycles. The zero-order valence-corrected chi connectivity index (χ0v) is 16.8. The molecule has 0 amide bonds. The van der Waals surface area contributed by atoms with E-state index in [1.54, 1.807) is 12.1 Å².